The van der Waals surface area contributed by atoms with Crippen molar-refractivity contribution in [2.75, 3.05) is 0 Å². The third-order valence-electron chi connectivity index (χ3n) is 3.98. The molecule has 0 unspecified atom stereocenters. The van der Waals surface area contributed by atoms with Crippen LogP contribution in [0.5, 0.6) is 0 Å². The minimum absolute atomic E-state index is 0.160. The van der Waals surface area contributed by atoms with Crippen LogP contribution in [0.15, 0.2) is 54.9 Å². The normalized spacial score (nSPS) is 11.1. The van der Waals surface area contributed by atoms with Crippen LogP contribution in [0.25, 0.3) is 28.1 Å². The lowest BCUT2D eigenvalue weighted by atomic mass is 10.1. The summed E-state index contributed by atoms with van der Waals surface area (Å²) >= 11 is 0. The molecule has 0 spiro atoms. The van der Waals surface area contributed by atoms with E-state index < -0.39 is 5.97 Å². The molecule has 7 heteroatoms. The number of fused-ring (bicyclic) bond motifs is 1. The highest BCUT2D eigenvalue weighted by atomic mass is 16.4. The molecule has 0 saturated heterocycles. The Labute approximate surface area is 142 Å². The van der Waals surface area contributed by atoms with Gasteiger partial charge in [0.15, 0.2) is 0 Å². The van der Waals surface area contributed by atoms with Gasteiger partial charge in [0.2, 0.25) is 0 Å². The van der Waals surface area contributed by atoms with Gasteiger partial charge in [0, 0.05) is 23.6 Å². The largest absolute Gasteiger partial charge is 0.478 e. The molecule has 0 atom stereocenters. The average molecular weight is 334 g/mol. The number of carboxylic acids is 1. The van der Waals surface area contributed by atoms with Crippen molar-refractivity contribution in [1.82, 2.24) is 19.5 Å². The van der Waals surface area contributed by atoms with Gasteiger partial charge in [0.25, 0.3) is 0 Å². The van der Waals surface area contributed by atoms with Gasteiger partial charge in [-0.25, -0.2) is 14.8 Å². The van der Waals surface area contributed by atoms with Crippen LogP contribution in [0.3, 0.4) is 0 Å². The Balaban J connectivity index is 1.86. The van der Waals surface area contributed by atoms with Gasteiger partial charge in [-0.3, -0.25) is 4.57 Å². The number of aromatic amines is 1. The summed E-state index contributed by atoms with van der Waals surface area (Å²) in [5.41, 5.74) is 3.09. The monoisotopic (exact) mass is 334 g/mol. The lowest BCUT2D eigenvalue weighted by molar-refractivity contribution is 0.0697. The number of carboxylic acid groups (broad SMARTS) is 1. The quantitative estimate of drug-likeness (QED) is 0.532. The molecular weight excluding hydrogens is 320 g/mol. The molecule has 0 saturated carbocycles. The summed E-state index contributed by atoms with van der Waals surface area (Å²) in [6.45, 7) is -0.160. The second kappa shape index (κ2) is 5.88. The lowest BCUT2D eigenvalue weighted by Gasteiger charge is -2.10. The van der Waals surface area contributed by atoms with Crippen molar-refractivity contribution in [3.63, 3.8) is 0 Å². The summed E-state index contributed by atoms with van der Waals surface area (Å²) in [6.07, 6.45) is 3.41. The van der Waals surface area contributed by atoms with Crippen LogP contribution in [-0.4, -0.2) is 35.7 Å². The third kappa shape index (κ3) is 2.56. The molecule has 2 aromatic carbocycles. The summed E-state index contributed by atoms with van der Waals surface area (Å²) in [5, 5.41) is 18.6. The van der Waals surface area contributed by atoms with Crippen LogP contribution in [0, 0.1) is 0 Å². The average Bonchev–Trinajstić information content (AvgIpc) is 3.27. The molecular formula is C18H14N4O3. The van der Waals surface area contributed by atoms with E-state index >= 15 is 0 Å². The first-order chi connectivity index (χ1) is 12.2. The van der Waals surface area contributed by atoms with Gasteiger partial charge in [-0.05, 0) is 24.3 Å². The number of hydrogen-bond acceptors (Lipinski definition) is 4. The Morgan fingerprint density at radius 1 is 1.20 bits per heavy atom. The molecule has 124 valence electrons. The van der Waals surface area contributed by atoms with E-state index in [-0.39, 0.29) is 12.2 Å². The minimum Gasteiger partial charge on any atom is -0.478 e. The fourth-order valence-corrected chi connectivity index (χ4v) is 2.85. The zero-order valence-electron chi connectivity index (χ0n) is 13.0. The summed E-state index contributed by atoms with van der Waals surface area (Å²) < 4.78 is 1.82. The summed E-state index contributed by atoms with van der Waals surface area (Å²) in [5.74, 6) is 0.0373. The molecule has 0 radical (unpaired) electrons. The molecule has 0 aliphatic heterocycles. The molecule has 2 aromatic heterocycles. The standard InChI is InChI=1S/C18H14N4O3/c23-10-16-20-14-6-5-11(9-15(14)21-16)22-8-7-19-17(22)12-3-1-2-4-13(12)18(24)25/h1-9,23H,10H2,(H,20,21)(H,24,25). The minimum atomic E-state index is -0.998. The van der Waals surface area contributed by atoms with Gasteiger partial charge >= 0.3 is 5.97 Å². The molecule has 25 heavy (non-hydrogen) atoms. The van der Waals surface area contributed by atoms with Crippen LogP contribution in [0.2, 0.25) is 0 Å². The van der Waals surface area contributed by atoms with Crippen molar-refractivity contribution in [3.05, 3.63) is 66.2 Å². The SMILES string of the molecule is O=C(O)c1ccccc1-c1nccn1-c1ccc2nc(CO)[nH]c2c1. The van der Waals surface area contributed by atoms with E-state index in [0.717, 1.165) is 16.7 Å². The highest BCUT2D eigenvalue weighted by Crippen LogP contribution is 2.26. The van der Waals surface area contributed by atoms with E-state index in [1.54, 1.807) is 36.7 Å². The van der Waals surface area contributed by atoms with E-state index in [9.17, 15) is 15.0 Å². The molecule has 2 heterocycles. The Morgan fingerprint density at radius 2 is 2.04 bits per heavy atom. The second-order valence-corrected chi connectivity index (χ2v) is 5.51. The number of aromatic nitrogens is 4. The highest BCUT2D eigenvalue weighted by Gasteiger charge is 2.16. The number of imidazole rings is 2. The van der Waals surface area contributed by atoms with Gasteiger partial charge in [-0.15, -0.1) is 0 Å². The number of aliphatic hydroxyl groups is 1. The zero-order valence-corrected chi connectivity index (χ0v) is 13.0. The van der Waals surface area contributed by atoms with E-state index in [2.05, 4.69) is 15.0 Å². The number of carbonyl (C=O) groups is 1. The molecule has 3 N–H and O–H groups in total. The van der Waals surface area contributed by atoms with Crippen LogP contribution in [0.4, 0.5) is 0 Å². The van der Waals surface area contributed by atoms with E-state index in [0.29, 0.717) is 17.2 Å². The first-order valence-corrected chi connectivity index (χ1v) is 7.63. The van der Waals surface area contributed by atoms with Gasteiger partial charge < -0.3 is 15.2 Å². The topological polar surface area (TPSA) is 104 Å². The zero-order chi connectivity index (χ0) is 17.4. The maximum Gasteiger partial charge on any atom is 0.336 e. The fraction of sp³-hybridized carbons (Fsp3) is 0.0556. The van der Waals surface area contributed by atoms with Crippen molar-refractivity contribution >= 4 is 17.0 Å². The molecule has 0 aliphatic rings. The number of benzene rings is 2. The Morgan fingerprint density at radius 3 is 2.84 bits per heavy atom. The number of rotatable bonds is 4. The number of H-pyrrole nitrogens is 1. The van der Waals surface area contributed by atoms with Gasteiger partial charge in [0.1, 0.15) is 18.3 Å². The van der Waals surface area contributed by atoms with Gasteiger partial charge in [-0.2, -0.15) is 0 Å². The number of aliphatic hydroxyl groups excluding tert-OH is 1. The Bertz CT molecular complexity index is 1080. The van der Waals surface area contributed by atoms with Gasteiger partial charge in [0.05, 0.1) is 16.6 Å². The maximum atomic E-state index is 11.5. The molecule has 4 aromatic rings. The van der Waals surface area contributed by atoms with Crippen LogP contribution < -0.4 is 0 Å². The summed E-state index contributed by atoms with van der Waals surface area (Å²) in [6, 6.07) is 12.4. The maximum absolute atomic E-state index is 11.5. The van der Waals surface area contributed by atoms with Crippen molar-refractivity contribution in [1.29, 1.82) is 0 Å². The van der Waals surface area contributed by atoms with E-state index in [1.165, 1.54) is 0 Å². The predicted molar refractivity (Wildman–Crippen MR) is 91.5 cm³/mol. The summed E-state index contributed by atoms with van der Waals surface area (Å²) in [7, 11) is 0. The first-order valence-electron chi connectivity index (χ1n) is 7.63. The molecule has 0 fully saturated rings. The molecule has 0 bridgehead atoms. The number of nitrogens with one attached hydrogen (secondary N) is 1. The predicted octanol–water partition coefficient (Wildman–Crippen LogP) is 2.61. The number of aromatic carboxylic acids is 1. The van der Waals surface area contributed by atoms with Crippen molar-refractivity contribution in [3.8, 4) is 17.1 Å². The van der Waals surface area contributed by atoms with Crippen LogP contribution in [-0.2, 0) is 6.61 Å². The molecule has 0 aliphatic carbocycles. The van der Waals surface area contributed by atoms with Crippen molar-refractivity contribution in [2.45, 2.75) is 6.61 Å². The molecule has 0 amide bonds. The van der Waals surface area contributed by atoms with E-state index in [1.807, 2.05) is 22.8 Å². The number of hydrogen-bond donors (Lipinski definition) is 3. The second-order valence-electron chi connectivity index (χ2n) is 5.51. The summed E-state index contributed by atoms with van der Waals surface area (Å²) in [4.78, 5) is 23.2. The first kappa shape index (κ1) is 15.1. The highest BCUT2D eigenvalue weighted by molar-refractivity contribution is 5.95. The Kier molecular flexibility index (Phi) is 3.55. The smallest absolute Gasteiger partial charge is 0.336 e. The number of nitrogens with zero attached hydrogens (tertiary/aromatic N) is 3. The van der Waals surface area contributed by atoms with Crippen LogP contribution in [0.1, 0.15) is 16.2 Å². The van der Waals surface area contributed by atoms with Crippen LogP contribution >= 0.6 is 0 Å². The van der Waals surface area contributed by atoms with Gasteiger partial charge in [-0.1, -0.05) is 18.2 Å². The van der Waals surface area contributed by atoms with Crippen molar-refractivity contribution < 1.29 is 15.0 Å². The third-order valence-corrected chi connectivity index (χ3v) is 3.98. The molecule has 4 rings (SSSR count). The fourth-order valence-electron chi connectivity index (χ4n) is 2.85. The Hall–Kier alpha value is -3.45. The molecule has 7 nitrogen and oxygen atoms in total. The van der Waals surface area contributed by atoms with Crippen molar-refractivity contribution in [2.24, 2.45) is 0 Å². The van der Waals surface area contributed by atoms with E-state index in [4.69, 9.17) is 0 Å². The lowest BCUT2D eigenvalue weighted by Crippen LogP contribution is -2.03.